The number of fused-ring (bicyclic) bond motifs is 1. The van der Waals surface area contributed by atoms with Crippen molar-refractivity contribution in [3.63, 3.8) is 0 Å². The van der Waals surface area contributed by atoms with Crippen molar-refractivity contribution in [1.82, 2.24) is 29.9 Å². The number of aromatic nitrogens is 6. The quantitative estimate of drug-likeness (QED) is 0.0748. The summed E-state index contributed by atoms with van der Waals surface area (Å²) in [5, 5.41) is 11.0. The van der Waals surface area contributed by atoms with Gasteiger partial charge in [0.2, 0.25) is 0 Å². The Kier molecular flexibility index (Phi) is 13.7. The van der Waals surface area contributed by atoms with E-state index in [1.165, 1.54) is 0 Å². The number of hydrogen-bond acceptors (Lipinski definition) is 16. The molecule has 2 aliphatic rings. The lowest BCUT2D eigenvalue weighted by Gasteiger charge is -2.34. The van der Waals surface area contributed by atoms with E-state index in [9.17, 15) is 13.2 Å². The van der Waals surface area contributed by atoms with E-state index in [1.807, 2.05) is 109 Å². The second kappa shape index (κ2) is 20.6. The summed E-state index contributed by atoms with van der Waals surface area (Å²) in [6.07, 6.45) is 0.154. The van der Waals surface area contributed by atoms with Crippen molar-refractivity contribution in [2.75, 3.05) is 66.7 Å². The fourth-order valence-electron chi connectivity index (χ4n) is 7.47. The van der Waals surface area contributed by atoms with Gasteiger partial charge in [-0.05, 0) is 52.6 Å². The zero-order valence-electron chi connectivity index (χ0n) is 36.3. The fourth-order valence-corrected chi connectivity index (χ4v) is 7.47. The number of alkyl halides is 3. The van der Waals surface area contributed by atoms with Gasteiger partial charge in [0, 0.05) is 50.9 Å². The molecule has 5 heterocycles. The first-order valence-electron chi connectivity index (χ1n) is 21.5. The average Bonchev–Trinajstić information content (AvgIpc) is 3.33. The minimum atomic E-state index is -4.63. The molecule has 19 heteroatoms. The summed E-state index contributed by atoms with van der Waals surface area (Å²) in [5.41, 5.74) is 8.78. The minimum Gasteiger partial charge on any atom is -0.455 e. The van der Waals surface area contributed by atoms with E-state index < -0.39 is 18.5 Å². The predicted octanol–water partition coefficient (Wildman–Crippen LogP) is 8.08. The molecule has 0 bridgehead atoms. The summed E-state index contributed by atoms with van der Waals surface area (Å²) in [6.45, 7) is 5.56. The monoisotopic (exact) mass is 910 g/mol. The van der Waals surface area contributed by atoms with Gasteiger partial charge in [0.25, 0.3) is 0 Å². The number of nitrogens with zero attached hydrogens (tertiary/aromatic N) is 10. The lowest BCUT2D eigenvalue weighted by Crippen LogP contribution is -2.43. The number of hydrazone groups is 2. The number of hydrogen-bond donors (Lipinski definition) is 2. The van der Waals surface area contributed by atoms with E-state index >= 15 is 0 Å². The molecular weight excluding hydrogens is 866 g/mol. The van der Waals surface area contributed by atoms with E-state index in [-0.39, 0.29) is 23.9 Å². The normalized spacial score (nSPS) is 15.6. The summed E-state index contributed by atoms with van der Waals surface area (Å²) in [6, 6.07) is 34.2. The van der Waals surface area contributed by atoms with Crippen molar-refractivity contribution in [3.05, 3.63) is 149 Å². The third-order valence-corrected chi connectivity index (χ3v) is 10.7. The van der Waals surface area contributed by atoms with E-state index in [2.05, 4.69) is 50.9 Å². The highest BCUT2D eigenvalue weighted by Gasteiger charge is 2.33. The number of morpholine rings is 2. The maximum atomic E-state index is 13.3. The fraction of sp³-hybridized carbons (Fsp3) is 0.250. The van der Waals surface area contributed by atoms with Crippen LogP contribution in [0.1, 0.15) is 33.8 Å². The van der Waals surface area contributed by atoms with Crippen molar-refractivity contribution in [1.29, 1.82) is 0 Å². The molecule has 2 saturated heterocycles. The predicted molar refractivity (Wildman–Crippen MR) is 248 cm³/mol. The molecule has 0 aliphatic carbocycles. The Balaban J connectivity index is 0.876. The van der Waals surface area contributed by atoms with Gasteiger partial charge < -0.3 is 28.7 Å². The summed E-state index contributed by atoms with van der Waals surface area (Å²) < 4.78 is 63.8. The maximum absolute atomic E-state index is 13.3. The Morgan fingerprint density at radius 1 is 0.716 bits per heavy atom. The van der Waals surface area contributed by atoms with Crippen LogP contribution in [0.4, 0.5) is 36.4 Å². The molecule has 2 N–H and O–H groups in total. The van der Waals surface area contributed by atoms with Gasteiger partial charge in [-0.25, -0.2) is 9.97 Å². The van der Waals surface area contributed by atoms with Crippen molar-refractivity contribution >= 4 is 46.5 Å². The Labute approximate surface area is 383 Å². The molecule has 2 fully saturated rings. The third-order valence-electron chi connectivity index (χ3n) is 10.7. The molecular formula is C48H45F3N12O4. The van der Waals surface area contributed by atoms with Crippen LogP contribution < -0.4 is 30.1 Å². The van der Waals surface area contributed by atoms with Gasteiger partial charge in [0.1, 0.15) is 23.1 Å². The molecule has 1 unspecified atom stereocenters. The van der Waals surface area contributed by atoms with Crippen LogP contribution in [0.25, 0.3) is 10.8 Å². The SMILES string of the molecule is Cc1cccc(/C=N/Nc2cc(N3CCOC(Cc4cccc(/C=N/Nc5cc(N6CCOCC6)nc(Oc6ccc7ccccc7c6)n5)c4)C3)nc(OCc3nccc(C(F)(F)F)n3)n2)c1. The van der Waals surface area contributed by atoms with Gasteiger partial charge in [-0.1, -0.05) is 84.4 Å². The Morgan fingerprint density at radius 2 is 1.42 bits per heavy atom. The molecule has 3 aromatic heterocycles. The van der Waals surface area contributed by atoms with Crippen LogP contribution in [0.3, 0.4) is 0 Å². The maximum Gasteiger partial charge on any atom is 0.433 e. The van der Waals surface area contributed by atoms with Gasteiger partial charge in [0.05, 0.1) is 38.4 Å². The van der Waals surface area contributed by atoms with E-state index in [1.54, 1.807) is 18.5 Å². The number of nitrogens with one attached hydrogen (secondary N) is 2. The van der Waals surface area contributed by atoms with Crippen molar-refractivity contribution in [2.24, 2.45) is 10.2 Å². The first-order chi connectivity index (χ1) is 32.6. The van der Waals surface area contributed by atoms with Crippen molar-refractivity contribution in [2.45, 2.75) is 32.2 Å². The third kappa shape index (κ3) is 12.1. The smallest absolute Gasteiger partial charge is 0.433 e. The Hall–Kier alpha value is -7.77. The summed E-state index contributed by atoms with van der Waals surface area (Å²) in [5.74, 6) is 2.43. The molecule has 1 atom stereocenters. The minimum absolute atomic E-state index is 0.0941. The van der Waals surface area contributed by atoms with Crippen molar-refractivity contribution < 1.29 is 32.1 Å². The first-order valence-corrected chi connectivity index (χ1v) is 21.5. The van der Waals surface area contributed by atoms with Crippen LogP contribution in [0, 0.1) is 6.92 Å². The molecule has 0 radical (unpaired) electrons. The van der Waals surface area contributed by atoms with Gasteiger partial charge in [0.15, 0.2) is 24.1 Å². The lowest BCUT2D eigenvalue weighted by atomic mass is 10.0. The summed E-state index contributed by atoms with van der Waals surface area (Å²) >= 11 is 0. The van der Waals surface area contributed by atoms with Crippen LogP contribution in [0.15, 0.2) is 126 Å². The second-order valence-electron chi connectivity index (χ2n) is 15.7. The molecule has 9 rings (SSSR count). The van der Waals surface area contributed by atoms with Gasteiger partial charge in [-0.15, -0.1) is 0 Å². The van der Waals surface area contributed by atoms with Crippen LogP contribution >= 0.6 is 0 Å². The van der Waals surface area contributed by atoms with E-state index in [0.29, 0.717) is 81.4 Å². The van der Waals surface area contributed by atoms with Crippen LogP contribution in [-0.4, -0.2) is 94.4 Å². The summed E-state index contributed by atoms with van der Waals surface area (Å²) in [4.78, 5) is 30.1. The molecule has 0 amide bonds. The Morgan fingerprint density at radius 3 is 2.19 bits per heavy atom. The second-order valence-corrected chi connectivity index (χ2v) is 15.7. The number of benzene rings is 4. The topological polar surface area (TPSA) is 170 Å². The van der Waals surface area contributed by atoms with Crippen LogP contribution in [0.2, 0.25) is 0 Å². The van der Waals surface area contributed by atoms with Crippen LogP contribution in [-0.2, 0) is 28.7 Å². The van der Waals surface area contributed by atoms with Crippen LogP contribution in [0.5, 0.6) is 17.8 Å². The van der Waals surface area contributed by atoms with E-state index in [4.69, 9.17) is 23.9 Å². The highest BCUT2D eigenvalue weighted by atomic mass is 19.4. The lowest BCUT2D eigenvalue weighted by molar-refractivity contribution is -0.141. The highest BCUT2D eigenvalue weighted by molar-refractivity contribution is 5.84. The molecule has 7 aromatic rings. The molecule has 67 heavy (non-hydrogen) atoms. The molecule has 2 aliphatic heterocycles. The molecule has 342 valence electrons. The Bertz CT molecular complexity index is 2880. The zero-order chi connectivity index (χ0) is 46.0. The molecule has 4 aromatic carbocycles. The number of aryl methyl sites for hydroxylation is 1. The molecule has 0 saturated carbocycles. The van der Waals surface area contributed by atoms with Gasteiger partial charge in [-0.3, -0.25) is 10.9 Å². The summed E-state index contributed by atoms with van der Waals surface area (Å²) in [7, 11) is 0. The van der Waals surface area contributed by atoms with E-state index in [0.717, 1.165) is 45.3 Å². The zero-order valence-corrected chi connectivity index (χ0v) is 36.3. The molecule has 16 nitrogen and oxygen atoms in total. The van der Waals surface area contributed by atoms with Gasteiger partial charge >= 0.3 is 18.2 Å². The number of rotatable bonds is 15. The number of halogens is 3. The molecule has 0 spiro atoms. The van der Waals surface area contributed by atoms with Crippen molar-refractivity contribution in [3.8, 4) is 17.8 Å². The number of anilines is 4. The highest BCUT2D eigenvalue weighted by Crippen LogP contribution is 2.29. The standard InChI is InChI=1S/C48H45F3N12O4/c1-32-6-4-8-34(22-32)28-53-60-41-27-45(58-46(56-41)66-31-43-52-15-14-40(55-43)48(49,50)51)63-18-21-65-39(30-63)24-33-7-5-9-35(23-33)29-54-61-42-26-44(62-16-19-64-20-17-62)59-47(57-42)67-38-13-12-36-10-2-3-11-37(36)25-38/h2-15,22-23,25-29,39H,16-21,24,30-31H2,1H3,(H,56,58,60)(H,57,59,61)/b53-28+,54-29+. The van der Waals surface area contributed by atoms with Gasteiger partial charge in [-0.2, -0.15) is 43.3 Å². The largest absolute Gasteiger partial charge is 0.455 e. The first kappa shape index (κ1) is 44.4. The average molecular weight is 911 g/mol. The number of ether oxygens (including phenoxy) is 4.